The Morgan fingerprint density at radius 2 is 2.50 bits per heavy atom. The molecular formula is C12H17NO2S. The lowest BCUT2D eigenvalue weighted by molar-refractivity contribution is -0.136. The van der Waals surface area contributed by atoms with Crippen molar-refractivity contribution in [1.29, 1.82) is 0 Å². The number of β-amino-alcohol motifs (C(OH)–C–C–N with tert-alkyl or cyclic N) is 1. The number of nitrogens with zero attached hydrogens (tertiary/aromatic N) is 1. The third kappa shape index (κ3) is 2.83. The number of hydrogen-bond acceptors (Lipinski definition) is 3. The molecule has 1 N–H and O–H groups in total. The minimum absolute atomic E-state index is 0.123. The van der Waals surface area contributed by atoms with E-state index in [1.54, 1.807) is 23.2 Å². The molecular weight excluding hydrogens is 222 g/mol. The fraction of sp³-hybridized carbons (Fsp3) is 0.583. The Morgan fingerprint density at radius 1 is 1.69 bits per heavy atom. The standard InChI is InChI=1S/C12H17NO2S/c1-12(15)4-2-5-13(9-12)11(14)7-10-3-6-16-8-10/h3,6,8,15H,2,4-5,7,9H2,1H3. The van der Waals surface area contributed by atoms with Crippen LogP contribution in [0.4, 0.5) is 0 Å². The normalized spacial score (nSPS) is 25.8. The van der Waals surface area contributed by atoms with Gasteiger partial charge in [0.05, 0.1) is 12.0 Å². The zero-order valence-electron chi connectivity index (χ0n) is 9.48. The molecule has 1 atom stereocenters. The molecule has 0 radical (unpaired) electrons. The van der Waals surface area contributed by atoms with Crippen LogP contribution in [0, 0.1) is 0 Å². The fourth-order valence-electron chi connectivity index (χ4n) is 2.11. The van der Waals surface area contributed by atoms with Gasteiger partial charge in [-0.2, -0.15) is 11.3 Å². The summed E-state index contributed by atoms with van der Waals surface area (Å²) >= 11 is 1.61. The molecule has 1 amide bonds. The van der Waals surface area contributed by atoms with Crippen molar-refractivity contribution in [3.8, 4) is 0 Å². The van der Waals surface area contributed by atoms with Gasteiger partial charge in [0.1, 0.15) is 0 Å². The summed E-state index contributed by atoms with van der Waals surface area (Å²) in [5.41, 5.74) is 0.364. The Morgan fingerprint density at radius 3 is 3.12 bits per heavy atom. The quantitative estimate of drug-likeness (QED) is 0.852. The third-order valence-electron chi connectivity index (χ3n) is 2.96. The van der Waals surface area contributed by atoms with Gasteiger partial charge >= 0.3 is 0 Å². The molecule has 1 aromatic heterocycles. The summed E-state index contributed by atoms with van der Waals surface area (Å²) in [6.07, 6.45) is 2.14. The molecule has 0 saturated carbocycles. The van der Waals surface area contributed by atoms with Crippen molar-refractivity contribution in [1.82, 2.24) is 4.90 Å². The highest BCUT2D eigenvalue weighted by molar-refractivity contribution is 7.07. The first-order chi connectivity index (χ1) is 7.57. The molecule has 1 fully saturated rings. The van der Waals surface area contributed by atoms with Crippen molar-refractivity contribution < 1.29 is 9.90 Å². The van der Waals surface area contributed by atoms with Gasteiger partial charge < -0.3 is 10.0 Å². The molecule has 1 aliphatic rings. The first-order valence-electron chi connectivity index (χ1n) is 5.58. The Balaban J connectivity index is 1.94. The van der Waals surface area contributed by atoms with E-state index in [-0.39, 0.29) is 5.91 Å². The Kier molecular flexibility index (Phi) is 3.30. The molecule has 0 spiro atoms. The van der Waals surface area contributed by atoms with Crippen LogP contribution in [0.25, 0.3) is 0 Å². The van der Waals surface area contributed by atoms with E-state index < -0.39 is 5.60 Å². The molecule has 2 rings (SSSR count). The van der Waals surface area contributed by atoms with Crippen molar-refractivity contribution >= 4 is 17.2 Å². The summed E-state index contributed by atoms with van der Waals surface area (Å²) in [7, 11) is 0. The van der Waals surface area contributed by atoms with Gasteiger partial charge in [-0.15, -0.1) is 0 Å². The first kappa shape index (κ1) is 11.6. The summed E-state index contributed by atoms with van der Waals surface area (Å²) < 4.78 is 0. The van der Waals surface area contributed by atoms with Gasteiger partial charge in [0.25, 0.3) is 0 Å². The van der Waals surface area contributed by atoms with Crippen LogP contribution < -0.4 is 0 Å². The summed E-state index contributed by atoms with van der Waals surface area (Å²) in [5.74, 6) is 0.123. The largest absolute Gasteiger partial charge is 0.388 e. The minimum Gasteiger partial charge on any atom is -0.388 e. The van der Waals surface area contributed by atoms with Gasteiger partial charge in [-0.1, -0.05) is 0 Å². The van der Waals surface area contributed by atoms with Crippen LogP contribution in [0.3, 0.4) is 0 Å². The number of carbonyl (C=O) groups is 1. The van der Waals surface area contributed by atoms with Crippen LogP contribution in [-0.2, 0) is 11.2 Å². The first-order valence-corrected chi connectivity index (χ1v) is 6.52. The second kappa shape index (κ2) is 4.55. The molecule has 16 heavy (non-hydrogen) atoms. The van der Waals surface area contributed by atoms with Crippen LogP contribution in [-0.4, -0.2) is 34.6 Å². The van der Waals surface area contributed by atoms with E-state index in [0.717, 1.165) is 24.9 Å². The topological polar surface area (TPSA) is 40.5 Å². The van der Waals surface area contributed by atoms with E-state index in [4.69, 9.17) is 0 Å². The average Bonchev–Trinajstić information content (AvgIpc) is 2.69. The van der Waals surface area contributed by atoms with Crippen LogP contribution in [0.2, 0.25) is 0 Å². The molecule has 0 bridgehead atoms. The van der Waals surface area contributed by atoms with Crippen molar-refractivity contribution in [2.75, 3.05) is 13.1 Å². The summed E-state index contributed by atoms with van der Waals surface area (Å²) in [5, 5.41) is 13.9. The highest BCUT2D eigenvalue weighted by atomic mass is 32.1. The van der Waals surface area contributed by atoms with Gasteiger partial charge in [-0.3, -0.25) is 4.79 Å². The highest BCUT2D eigenvalue weighted by Crippen LogP contribution is 2.21. The number of carbonyl (C=O) groups excluding carboxylic acids is 1. The lowest BCUT2D eigenvalue weighted by Gasteiger charge is -2.36. The van der Waals surface area contributed by atoms with Gasteiger partial charge in [-0.05, 0) is 42.2 Å². The maximum absolute atomic E-state index is 12.0. The lowest BCUT2D eigenvalue weighted by Crippen LogP contribution is -2.49. The Hall–Kier alpha value is -0.870. The molecule has 2 heterocycles. The number of aliphatic hydroxyl groups is 1. The molecule has 1 aromatic rings. The van der Waals surface area contributed by atoms with Crippen molar-refractivity contribution in [3.05, 3.63) is 22.4 Å². The van der Waals surface area contributed by atoms with Gasteiger partial charge in [0, 0.05) is 13.1 Å². The number of piperidine rings is 1. The van der Waals surface area contributed by atoms with E-state index in [0.29, 0.717) is 13.0 Å². The molecule has 3 nitrogen and oxygen atoms in total. The van der Waals surface area contributed by atoms with Crippen molar-refractivity contribution in [2.45, 2.75) is 31.8 Å². The molecule has 1 aliphatic heterocycles. The number of likely N-dealkylation sites (tertiary alicyclic amines) is 1. The monoisotopic (exact) mass is 239 g/mol. The minimum atomic E-state index is -0.706. The Bertz CT molecular complexity index is 359. The smallest absolute Gasteiger partial charge is 0.227 e. The highest BCUT2D eigenvalue weighted by Gasteiger charge is 2.30. The summed E-state index contributed by atoms with van der Waals surface area (Å²) in [6.45, 7) is 3.05. The van der Waals surface area contributed by atoms with Gasteiger partial charge in [-0.25, -0.2) is 0 Å². The lowest BCUT2D eigenvalue weighted by atomic mass is 9.95. The summed E-state index contributed by atoms with van der Waals surface area (Å²) in [6, 6.07) is 1.98. The van der Waals surface area contributed by atoms with E-state index in [9.17, 15) is 9.90 Å². The predicted molar refractivity (Wildman–Crippen MR) is 64.5 cm³/mol. The van der Waals surface area contributed by atoms with Crippen molar-refractivity contribution in [2.24, 2.45) is 0 Å². The number of amides is 1. The van der Waals surface area contributed by atoms with Crippen molar-refractivity contribution in [3.63, 3.8) is 0 Å². The van der Waals surface area contributed by atoms with E-state index in [1.165, 1.54) is 0 Å². The van der Waals surface area contributed by atoms with Crippen LogP contribution in [0.1, 0.15) is 25.3 Å². The molecule has 88 valence electrons. The molecule has 1 saturated heterocycles. The molecule has 0 aromatic carbocycles. The van der Waals surface area contributed by atoms with Crippen LogP contribution in [0.15, 0.2) is 16.8 Å². The van der Waals surface area contributed by atoms with E-state index in [1.807, 2.05) is 16.8 Å². The Labute approximate surface area is 99.7 Å². The fourth-order valence-corrected chi connectivity index (χ4v) is 2.78. The maximum atomic E-state index is 12.0. The second-order valence-electron chi connectivity index (χ2n) is 4.72. The number of thiophene rings is 1. The SMILES string of the molecule is CC1(O)CCCN(C(=O)Cc2ccsc2)C1. The molecule has 4 heteroatoms. The van der Waals surface area contributed by atoms with Crippen LogP contribution >= 0.6 is 11.3 Å². The third-order valence-corrected chi connectivity index (χ3v) is 3.70. The maximum Gasteiger partial charge on any atom is 0.227 e. The zero-order chi connectivity index (χ0) is 11.6. The number of rotatable bonds is 2. The van der Waals surface area contributed by atoms with Crippen LogP contribution in [0.5, 0.6) is 0 Å². The molecule has 1 unspecified atom stereocenters. The second-order valence-corrected chi connectivity index (χ2v) is 5.50. The van der Waals surface area contributed by atoms with E-state index in [2.05, 4.69) is 0 Å². The molecule has 0 aliphatic carbocycles. The predicted octanol–water partition coefficient (Wildman–Crippen LogP) is 1.66. The number of hydrogen-bond donors (Lipinski definition) is 1. The van der Waals surface area contributed by atoms with Gasteiger partial charge in [0.15, 0.2) is 0 Å². The summed E-state index contributed by atoms with van der Waals surface area (Å²) in [4.78, 5) is 13.8. The van der Waals surface area contributed by atoms with Gasteiger partial charge in [0.2, 0.25) is 5.91 Å². The average molecular weight is 239 g/mol. The van der Waals surface area contributed by atoms with E-state index >= 15 is 0 Å². The zero-order valence-corrected chi connectivity index (χ0v) is 10.3.